The van der Waals surface area contributed by atoms with Gasteiger partial charge in [-0.2, -0.15) is 0 Å². The summed E-state index contributed by atoms with van der Waals surface area (Å²) in [7, 11) is 0. The van der Waals surface area contributed by atoms with Crippen molar-refractivity contribution < 1.29 is 0 Å². The molecule has 0 aliphatic rings. The van der Waals surface area contributed by atoms with Gasteiger partial charge in [0.2, 0.25) is 0 Å². The molecule has 1 unspecified atom stereocenters. The Labute approximate surface area is 119 Å². The Hall–Kier alpha value is -0.600. The van der Waals surface area contributed by atoms with Gasteiger partial charge in [-0.15, -0.1) is 0 Å². The molecule has 2 rings (SSSR count). The number of hydrogen-bond acceptors (Lipinski definition) is 0. The van der Waals surface area contributed by atoms with Gasteiger partial charge in [0.05, 0.1) is 4.83 Å². The standard InChI is InChI=1S/C15H14Br2/c1-10-6-7-11(2)14(8-10)15(17)12-4-3-5-13(16)9-12/h3-9,15H,1-2H3. The van der Waals surface area contributed by atoms with E-state index >= 15 is 0 Å². The van der Waals surface area contributed by atoms with Crippen molar-refractivity contribution in [1.82, 2.24) is 0 Å². The largest absolute Gasteiger partial charge is 0.0786 e. The Balaban J connectivity index is 2.43. The zero-order valence-electron chi connectivity index (χ0n) is 9.87. The molecule has 0 bridgehead atoms. The lowest BCUT2D eigenvalue weighted by Gasteiger charge is -2.14. The van der Waals surface area contributed by atoms with Gasteiger partial charge >= 0.3 is 0 Å². The van der Waals surface area contributed by atoms with Gasteiger partial charge < -0.3 is 0 Å². The van der Waals surface area contributed by atoms with Crippen LogP contribution in [0.15, 0.2) is 46.9 Å². The minimum atomic E-state index is 0.250. The highest BCUT2D eigenvalue weighted by Gasteiger charge is 2.12. The van der Waals surface area contributed by atoms with Crippen LogP contribution < -0.4 is 0 Å². The molecule has 0 aliphatic heterocycles. The van der Waals surface area contributed by atoms with E-state index in [1.807, 2.05) is 6.07 Å². The van der Waals surface area contributed by atoms with Crippen molar-refractivity contribution >= 4 is 31.9 Å². The van der Waals surface area contributed by atoms with Crippen molar-refractivity contribution in [2.24, 2.45) is 0 Å². The number of alkyl halides is 1. The predicted octanol–water partition coefficient (Wildman–Crippen LogP) is 5.55. The summed E-state index contributed by atoms with van der Waals surface area (Å²) in [5, 5.41) is 0. The van der Waals surface area contributed by atoms with Crippen LogP contribution >= 0.6 is 31.9 Å². The first-order chi connectivity index (χ1) is 8.08. The first-order valence-corrected chi connectivity index (χ1v) is 7.25. The Bertz CT molecular complexity index is 532. The lowest BCUT2D eigenvalue weighted by molar-refractivity contribution is 1.13. The highest BCUT2D eigenvalue weighted by atomic mass is 79.9. The third kappa shape index (κ3) is 2.99. The van der Waals surface area contributed by atoms with Gasteiger partial charge in [-0.25, -0.2) is 0 Å². The Morgan fingerprint density at radius 3 is 2.47 bits per heavy atom. The summed E-state index contributed by atoms with van der Waals surface area (Å²) in [6.45, 7) is 4.28. The minimum Gasteiger partial charge on any atom is -0.0786 e. The zero-order valence-corrected chi connectivity index (χ0v) is 13.0. The number of benzene rings is 2. The van der Waals surface area contributed by atoms with Crippen molar-refractivity contribution in [2.45, 2.75) is 18.7 Å². The molecule has 2 aromatic rings. The van der Waals surface area contributed by atoms with Gasteiger partial charge in [-0.1, -0.05) is 67.8 Å². The summed E-state index contributed by atoms with van der Waals surface area (Å²) in [6.07, 6.45) is 0. The predicted molar refractivity (Wildman–Crippen MR) is 80.8 cm³/mol. The topological polar surface area (TPSA) is 0 Å². The van der Waals surface area contributed by atoms with Crippen molar-refractivity contribution in [3.8, 4) is 0 Å². The lowest BCUT2D eigenvalue weighted by Crippen LogP contribution is -1.96. The van der Waals surface area contributed by atoms with E-state index in [1.54, 1.807) is 0 Å². The van der Waals surface area contributed by atoms with Crippen LogP contribution in [0.4, 0.5) is 0 Å². The Kier molecular flexibility index (Phi) is 4.05. The van der Waals surface area contributed by atoms with Crippen LogP contribution in [0.1, 0.15) is 27.1 Å². The van der Waals surface area contributed by atoms with Gasteiger partial charge in [0.15, 0.2) is 0 Å². The molecule has 0 heterocycles. The Morgan fingerprint density at radius 2 is 1.76 bits per heavy atom. The molecular formula is C15H14Br2. The van der Waals surface area contributed by atoms with E-state index in [2.05, 4.69) is 82.1 Å². The van der Waals surface area contributed by atoms with Crippen LogP contribution in [0.25, 0.3) is 0 Å². The molecule has 1 atom stereocenters. The van der Waals surface area contributed by atoms with Crippen molar-refractivity contribution in [3.05, 3.63) is 69.2 Å². The first kappa shape index (κ1) is 12.8. The second-order valence-electron chi connectivity index (χ2n) is 4.28. The highest BCUT2D eigenvalue weighted by molar-refractivity contribution is 9.10. The van der Waals surface area contributed by atoms with E-state index in [0.29, 0.717) is 0 Å². The molecule has 0 fully saturated rings. The fraction of sp³-hybridized carbons (Fsp3) is 0.200. The molecule has 0 spiro atoms. The molecule has 0 amide bonds. The van der Waals surface area contributed by atoms with Crippen LogP contribution in [0, 0.1) is 13.8 Å². The van der Waals surface area contributed by atoms with E-state index in [4.69, 9.17) is 0 Å². The summed E-state index contributed by atoms with van der Waals surface area (Å²) in [5.41, 5.74) is 5.22. The maximum absolute atomic E-state index is 3.79. The van der Waals surface area contributed by atoms with Crippen molar-refractivity contribution in [3.63, 3.8) is 0 Å². The number of aryl methyl sites for hydroxylation is 2. The summed E-state index contributed by atoms with van der Waals surface area (Å²) < 4.78 is 1.12. The molecule has 0 nitrogen and oxygen atoms in total. The molecule has 0 N–H and O–H groups in total. The van der Waals surface area contributed by atoms with E-state index < -0.39 is 0 Å². The third-order valence-electron chi connectivity index (χ3n) is 2.85. The summed E-state index contributed by atoms with van der Waals surface area (Å²) in [4.78, 5) is 0.250. The van der Waals surface area contributed by atoms with Crippen LogP contribution in [-0.4, -0.2) is 0 Å². The molecule has 2 heteroatoms. The molecule has 0 aromatic heterocycles. The maximum Gasteiger partial charge on any atom is 0.0647 e. The van der Waals surface area contributed by atoms with Gasteiger partial charge in [0, 0.05) is 4.47 Å². The zero-order chi connectivity index (χ0) is 12.4. The van der Waals surface area contributed by atoms with Crippen LogP contribution in [0.3, 0.4) is 0 Å². The second kappa shape index (κ2) is 5.36. The smallest absolute Gasteiger partial charge is 0.0647 e. The summed E-state index contributed by atoms with van der Waals surface area (Å²) in [6, 6.07) is 15.0. The highest BCUT2D eigenvalue weighted by Crippen LogP contribution is 2.34. The SMILES string of the molecule is Cc1ccc(C)c(C(Br)c2cccc(Br)c2)c1. The van der Waals surface area contributed by atoms with Gasteiger partial charge in [-0.3, -0.25) is 0 Å². The van der Waals surface area contributed by atoms with E-state index in [0.717, 1.165) is 4.47 Å². The van der Waals surface area contributed by atoms with Crippen molar-refractivity contribution in [1.29, 1.82) is 0 Å². The number of rotatable bonds is 2. The minimum absolute atomic E-state index is 0.250. The van der Waals surface area contributed by atoms with Crippen LogP contribution in [0.5, 0.6) is 0 Å². The van der Waals surface area contributed by atoms with Gasteiger partial charge in [0.1, 0.15) is 0 Å². The molecular weight excluding hydrogens is 340 g/mol. The third-order valence-corrected chi connectivity index (χ3v) is 4.36. The second-order valence-corrected chi connectivity index (χ2v) is 6.11. The van der Waals surface area contributed by atoms with E-state index in [1.165, 1.54) is 22.3 Å². The molecule has 0 aliphatic carbocycles. The first-order valence-electron chi connectivity index (χ1n) is 5.54. The quantitative estimate of drug-likeness (QED) is 0.621. The maximum atomic E-state index is 3.79. The molecule has 2 aromatic carbocycles. The Morgan fingerprint density at radius 1 is 1.00 bits per heavy atom. The fourth-order valence-electron chi connectivity index (χ4n) is 1.88. The number of hydrogen-bond donors (Lipinski definition) is 0. The molecule has 0 saturated carbocycles. The molecule has 0 saturated heterocycles. The van der Waals surface area contributed by atoms with Crippen LogP contribution in [0.2, 0.25) is 0 Å². The average Bonchev–Trinajstić information content (AvgIpc) is 2.31. The molecule has 17 heavy (non-hydrogen) atoms. The van der Waals surface area contributed by atoms with E-state index in [9.17, 15) is 0 Å². The van der Waals surface area contributed by atoms with Gasteiger partial charge in [-0.05, 0) is 42.7 Å². The average molecular weight is 354 g/mol. The van der Waals surface area contributed by atoms with Gasteiger partial charge in [0.25, 0.3) is 0 Å². The molecule has 88 valence electrons. The number of halogens is 2. The fourth-order valence-corrected chi connectivity index (χ4v) is 3.07. The lowest BCUT2D eigenvalue weighted by atomic mass is 9.98. The normalized spacial score (nSPS) is 12.5. The van der Waals surface area contributed by atoms with Crippen molar-refractivity contribution in [2.75, 3.05) is 0 Å². The summed E-state index contributed by atoms with van der Waals surface area (Å²) >= 11 is 7.31. The van der Waals surface area contributed by atoms with Crippen LogP contribution in [-0.2, 0) is 0 Å². The molecule has 0 radical (unpaired) electrons. The monoisotopic (exact) mass is 352 g/mol. The van der Waals surface area contributed by atoms with E-state index in [-0.39, 0.29) is 4.83 Å². The summed E-state index contributed by atoms with van der Waals surface area (Å²) in [5.74, 6) is 0.